The van der Waals surface area contributed by atoms with Crippen LogP contribution in [0.15, 0.2) is 35.2 Å². The van der Waals surface area contributed by atoms with Gasteiger partial charge in [-0.2, -0.15) is 5.10 Å². The average molecular weight is 438 g/mol. The van der Waals surface area contributed by atoms with Gasteiger partial charge in [-0.25, -0.2) is 17.9 Å². The van der Waals surface area contributed by atoms with Gasteiger partial charge in [-0.05, 0) is 44.7 Å². The number of esters is 1. The van der Waals surface area contributed by atoms with Crippen LogP contribution in [0, 0.1) is 6.92 Å². The first-order chi connectivity index (χ1) is 13.8. The topological polar surface area (TPSA) is 81.5 Å². The van der Waals surface area contributed by atoms with E-state index in [0.717, 1.165) is 30.8 Å². The molecule has 0 bridgehead atoms. The number of nitrogens with zero attached hydrogens (tertiary/aromatic N) is 3. The Balaban J connectivity index is 1.72. The van der Waals surface area contributed by atoms with E-state index in [2.05, 4.69) is 5.10 Å². The second-order valence-electron chi connectivity index (χ2n) is 7.70. The maximum atomic E-state index is 13.3. The predicted molar refractivity (Wildman–Crippen MR) is 110 cm³/mol. The highest BCUT2D eigenvalue weighted by molar-refractivity contribution is 7.92. The van der Waals surface area contributed by atoms with E-state index in [0.29, 0.717) is 0 Å². The van der Waals surface area contributed by atoms with Crippen molar-refractivity contribution in [1.29, 1.82) is 0 Å². The first-order valence-corrected chi connectivity index (χ1v) is 11.6. The quantitative estimate of drug-likeness (QED) is 0.668. The molecule has 1 saturated carbocycles. The normalized spacial score (nSPS) is 22.5. The number of ether oxygens (including phenoxy) is 1. The molecule has 2 aromatic rings. The smallest absolute Gasteiger partial charge is 0.328 e. The number of methoxy groups -OCH3 is 1. The molecule has 7 nitrogen and oxygen atoms in total. The van der Waals surface area contributed by atoms with Crippen LogP contribution in [0.25, 0.3) is 0 Å². The van der Waals surface area contributed by atoms with Crippen molar-refractivity contribution >= 4 is 33.2 Å². The number of aryl methyl sites for hydroxylation is 1. The lowest BCUT2D eigenvalue weighted by molar-refractivity contribution is -0.141. The zero-order chi connectivity index (χ0) is 20.8. The maximum absolute atomic E-state index is 13.3. The summed E-state index contributed by atoms with van der Waals surface area (Å²) in [6, 6.07) is 7.94. The standard InChI is InChI=1S/C20H24ClN3O4S/c1-13-10-19(24(22-13)14-6-5-7-14)23-12-15(11-17(23)20(25)28-2)29(26,27)18-9-4-3-8-16(18)21/h3-4,8-10,14-15,17H,5-7,11-12H2,1-2H3/t15-,17+/m1/s1. The van der Waals surface area contributed by atoms with Crippen LogP contribution in [0.4, 0.5) is 5.82 Å². The van der Waals surface area contributed by atoms with Crippen molar-refractivity contribution in [2.45, 2.75) is 54.8 Å². The van der Waals surface area contributed by atoms with Gasteiger partial charge >= 0.3 is 5.97 Å². The van der Waals surface area contributed by atoms with Crippen LogP contribution >= 0.6 is 11.6 Å². The molecule has 9 heteroatoms. The van der Waals surface area contributed by atoms with Gasteiger partial charge in [0.2, 0.25) is 0 Å². The van der Waals surface area contributed by atoms with Gasteiger partial charge in [0.25, 0.3) is 0 Å². The zero-order valence-corrected chi connectivity index (χ0v) is 18.0. The Labute approximate surface area is 175 Å². The number of aromatic nitrogens is 2. The minimum atomic E-state index is -3.71. The number of hydrogen-bond donors (Lipinski definition) is 0. The second-order valence-corrected chi connectivity index (χ2v) is 10.3. The lowest BCUT2D eigenvalue weighted by Gasteiger charge is -2.32. The molecule has 1 aromatic heterocycles. The van der Waals surface area contributed by atoms with E-state index in [1.807, 2.05) is 22.6 Å². The Morgan fingerprint density at radius 2 is 2.00 bits per heavy atom. The summed E-state index contributed by atoms with van der Waals surface area (Å²) in [7, 11) is -2.39. The third-order valence-electron chi connectivity index (χ3n) is 5.87. The number of benzene rings is 1. The molecule has 29 heavy (non-hydrogen) atoms. The number of carbonyl (C=O) groups excluding carboxylic acids is 1. The van der Waals surface area contributed by atoms with Gasteiger partial charge < -0.3 is 9.64 Å². The Hall–Kier alpha value is -2.06. The van der Waals surface area contributed by atoms with Crippen LogP contribution in [0.5, 0.6) is 0 Å². The van der Waals surface area contributed by atoms with Gasteiger partial charge in [0.15, 0.2) is 9.84 Å². The fourth-order valence-corrected chi connectivity index (χ4v) is 6.33. The van der Waals surface area contributed by atoms with Gasteiger partial charge in [0.1, 0.15) is 11.9 Å². The van der Waals surface area contributed by atoms with Gasteiger partial charge in [-0.15, -0.1) is 0 Å². The molecule has 1 aromatic carbocycles. The number of anilines is 1. The summed E-state index contributed by atoms with van der Waals surface area (Å²) in [5.41, 5.74) is 0.841. The van der Waals surface area contributed by atoms with Crippen molar-refractivity contribution in [3.8, 4) is 0 Å². The van der Waals surface area contributed by atoms with Crippen LogP contribution in [0.1, 0.15) is 37.4 Å². The third-order valence-corrected chi connectivity index (χ3v) is 8.50. The van der Waals surface area contributed by atoms with E-state index in [1.165, 1.54) is 13.2 Å². The molecule has 1 saturated heterocycles. The molecule has 0 amide bonds. The minimum Gasteiger partial charge on any atom is -0.467 e. The molecule has 2 aliphatic rings. The Morgan fingerprint density at radius 1 is 1.28 bits per heavy atom. The molecule has 1 aliphatic heterocycles. The number of carbonyl (C=O) groups is 1. The Kier molecular flexibility index (Phi) is 5.33. The summed E-state index contributed by atoms with van der Waals surface area (Å²) in [6.45, 7) is 2.09. The Morgan fingerprint density at radius 3 is 2.62 bits per heavy atom. The van der Waals surface area contributed by atoms with E-state index in [9.17, 15) is 13.2 Å². The van der Waals surface area contributed by atoms with Crippen LogP contribution in [0.2, 0.25) is 5.02 Å². The Bertz CT molecular complexity index is 1030. The monoisotopic (exact) mass is 437 g/mol. The van der Waals surface area contributed by atoms with Crippen molar-refractivity contribution in [3.63, 3.8) is 0 Å². The van der Waals surface area contributed by atoms with E-state index in [4.69, 9.17) is 16.3 Å². The molecule has 0 radical (unpaired) electrons. The molecule has 2 heterocycles. The van der Waals surface area contributed by atoms with Gasteiger partial charge in [-0.3, -0.25) is 0 Å². The molecule has 0 spiro atoms. The SMILES string of the molecule is COC(=O)[C@@H]1C[C@@H](S(=O)(=O)c2ccccc2Cl)CN1c1cc(C)nn1C1CCC1. The molecule has 2 fully saturated rings. The number of hydrogen-bond acceptors (Lipinski definition) is 6. The molecule has 2 atom stereocenters. The highest BCUT2D eigenvalue weighted by Gasteiger charge is 2.46. The molecule has 4 rings (SSSR count). The highest BCUT2D eigenvalue weighted by Crippen LogP contribution is 2.39. The highest BCUT2D eigenvalue weighted by atomic mass is 35.5. The minimum absolute atomic E-state index is 0.0980. The van der Waals surface area contributed by atoms with Crippen LogP contribution in [0.3, 0.4) is 0 Å². The third kappa shape index (κ3) is 3.53. The molecule has 0 N–H and O–H groups in total. The first kappa shape index (κ1) is 20.2. The van der Waals surface area contributed by atoms with Crippen LogP contribution in [-0.2, 0) is 19.4 Å². The van der Waals surface area contributed by atoms with Crippen molar-refractivity contribution in [3.05, 3.63) is 41.0 Å². The molecule has 156 valence electrons. The summed E-state index contributed by atoms with van der Waals surface area (Å²) in [6.07, 6.45) is 3.36. The van der Waals surface area contributed by atoms with E-state index in [-0.39, 0.29) is 28.9 Å². The van der Waals surface area contributed by atoms with Gasteiger partial charge in [-0.1, -0.05) is 23.7 Å². The summed E-state index contributed by atoms with van der Waals surface area (Å²) in [4.78, 5) is 14.5. The summed E-state index contributed by atoms with van der Waals surface area (Å²) < 4.78 is 33.5. The largest absolute Gasteiger partial charge is 0.467 e. The van der Waals surface area contributed by atoms with Crippen molar-refractivity contribution in [1.82, 2.24) is 9.78 Å². The second kappa shape index (κ2) is 7.65. The van der Waals surface area contributed by atoms with Crippen molar-refractivity contribution in [2.75, 3.05) is 18.6 Å². The molecule has 0 unspecified atom stereocenters. The maximum Gasteiger partial charge on any atom is 0.328 e. The molecular weight excluding hydrogens is 414 g/mol. The van der Waals surface area contributed by atoms with Crippen molar-refractivity contribution in [2.24, 2.45) is 0 Å². The van der Waals surface area contributed by atoms with E-state index in [1.54, 1.807) is 18.2 Å². The van der Waals surface area contributed by atoms with Crippen LogP contribution in [-0.4, -0.2) is 49.1 Å². The van der Waals surface area contributed by atoms with Crippen molar-refractivity contribution < 1.29 is 17.9 Å². The number of sulfone groups is 1. The first-order valence-electron chi connectivity index (χ1n) is 9.72. The van der Waals surface area contributed by atoms with Gasteiger partial charge in [0, 0.05) is 12.6 Å². The average Bonchev–Trinajstić information content (AvgIpc) is 3.24. The van der Waals surface area contributed by atoms with E-state index >= 15 is 0 Å². The lowest BCUT2D eigenvalue weighted by Crippen LogP contribution is -2.39. The number of rotatable bonds is 5. The molecule has 1 aliphatic carbocycles. The summed E-state index contributed by atoms with van der Waals surface area (Å²) in [5, 5.41) is 4.03. The van der Waals surface area contributed by atoms with Gasteiger partial charge in [0.05, 0.1) is 34.0 Å². The fraction of sp³-hybridized carbons (Fsp3) is 0.500. The fourth-order valence-electron chi connectivity index (χ4n) is 4.11. The summed E-state index contributed by atoms with van der Waals surface area (Å²) >= 11 is 6.16. The van der Waals surface area contributed by atoms with Crippen LogP contribution < -0.4 is 4.90 Å². The van der Waals surface area contributed by atoms with E-state index < -0.39 is 27.1 Å². The lowest BCUT2D eigenvalue weighted by atomic mass is 9.93. The zero-order valence-electron chi connectivity index (χ0n) is 16.4. The predicted octanol–water partition coefficient (Wildman–Crippen LogP) is 3.16. The number of halogens is 1. The molecular formula is C20H24ClN3O4S. The summed E-state index contributed by atoms with van der Waals surface area (Å²) in [5.74, 6) is 0.334.